The van der Waals surface area contributed by atoms with E-state index in [0.717, 1.165) is 29.8 Å². The summed E-state index contributed by atoms with van der Waals surface area (Å²) in [5.41, 5.74) is 1.16. The molecule has 0 bridgehead atoms. The molecule has 1 fully saturated rings. The van der Waals surface area contributed by atoms with Gasteiger partial charge in [-0.15, -0.1) is 24.0 Å². The Morgan fingerprint density at radius 3 is 2.45 bits per heavy atom. The molecule has 182 valence electrons. The lowest BCUT2D eigenvalue weighted by molar-refractivity contribution is -0.137. The van der Waals surface area contributed by atoms with Crippen LogP contribution in [0.25, 0.3) is 0 Å². The zero-order valence-electron chi connectivity index (χ0n) is 18.6. The fourth-order valence-corrected chi connectivity index (χ4v) is 3.59. The van der Waals surface area contributed by atoms with Gasteiger partial charge >= 0.3 is 6.18 Å². The summed E-state index contributed by atoms with van der Waals surface area (Å²) in [6, 6.07) is 11.1. The van der Waals surface area contributed by atoms with Crippen molar-refractivity contribution in [3.8, 4) is 0 Å². The van der Waals surface area contributed by atoms with E-state index in [0.29, 0.717) is 51.9 Å². The van der Waals surface area contributed by atoms with E-state index in [9.17, 15) is 13.2 Å². The van der Waals surface area contributed by atoms with E-state index in [2.05, 4.69) is 20.5 Å². The van der Waals surface area contributed by atoms with E-state index in [1.54, 1.807) is 18.3 Å². The third kappa shape index (κ3) is 8.74. The molecule has 1 aliphatic rings. The Bertz CT molecular complexity index is 843. The monoisotopic (exact) mass is 577 g/mol. The second-order valence-electron chi connectivity index (χ2n) is 7.50. The maximum atomic E-state index is 13.0. The molecule has 1 aromatic heterocycles. The lowest BCUT2D eigenvalue weighted by Gasteiger charge is -2.34. The van der Waals surface area contributed by atoms with Crippen molar-refractivity contribution in [2.45, 2.75) is 25.6 Å². The molecule has 6 nitrogen and oxygen atoms in total. The van der Waals surface area contributed by atoms with Crippen molar-refractivity contribution >= 4 is 29.9 Å². The maximum absolute atomic E-state index is 13.0. The summed E-state index contributed by atoms with van der Waals surface area (Å²) in [4.78, 5) is 11.3. The van der Waals surface area contributed by atoms with E-state index < -0.39 is 11.7 Å². The van der Waals surface area contributed by atoms with Gasteiger partial charge in [-0.25, -0.2) is 0 Å². The molecule has 10 heteroatoms. The van der Waals surface area contributed by atoms with E-state index in [1.807, 2.05) is 25.1 Å². The first-order chi connectivity index (χ1) is 15.5. The zero-order chi connectivity index (χ0) is 22.8. The molecule has 0 amide bonds. The van der Waals surface area contributed by atoms with Crippen molar-refractivity contribution in [3.05, 3.63) is 65.5 Å². The largest absolute Gasteiger partial charge is 0.416 e. The number of guanidine groups is 1. The van der Waals surface area contributed by atoms with Crippen LogP contribution in [0.15, 0.2) is 53.7 Å². The van der Waals surface area contributed by atoms with Gasteiger partial charge < -0.3 is 15.4 Å². The minimum atomic E-state index is -4.35. The first-order valence-corrected chi connectivity index (χ1v) is 10.9. The average Bonchev–Trinajstić information content (AvgIpc) is 2.80. The lowest BCUT2D eigenvalue weighted by Crippen LogP contribution is -2.42. The molecule has 2 aromatic rings. The Kier molecular flexibility index (Phi) is 11.3. The molecule has 1 atom stereocenters. The van der Waals surface area contributed by atoms with Gasteiger partial charge in [-0.3, -0.25) is 14.9 Å². The topological polar surface area (TPSA) is 61.8 Å². The van der Waals surface area contributed by atoms with Crippen molar-refractivity contribution in [3.63, 3.8) is 0 Å². The number of benzene rings is 1. The summed E-state index contributed by atoms with van der Waals surface area (Å²) < 4.78 is 44.4. The van der Waals surface area contributed by atoms with Gasteiger partial charge in [-0.05, 0) is 36.8 Å². The predicted octanol–water partition coefficient (Wildman–Crippen LogP) is 3.89. The molecular weight excluding hydrogens is 546 g/mol. The molecular formula is C23H31F3IN5O. The van der Waals surface area contributed by atoms with Gasteiger partial charge in [0, 0.05) is 44.5 Å². The van der Waals surface area contributed by atoms with Crippen LogP contribution in [0, 0.1) is 0 Å². The van der Waals surface area contributed by atoms with Crippen LogP contribution in [0.5, 0.6) is 0 Å². The van der Waals surface area contributed by atoms with E-state index >= 15 is 0 Å². The third-order valence-electron chi connectivity index (χ3n) is 5.28. The van der Waals surface area contributed by atoms with Gasteiger partial charge in [-0.1, -0.05) is 18.2 Å². The summed E-state index contributed by atoms with van der Waals surface area (Å²) in [5, 5.41) is 6.55. The van der Waals surface area contributed by atoms with Crippen molar-refractivity contribution < 1.29 is 17.9 Å². The van der Waals surface area contributed by atoms with Crippen LogP contribution >= 0.6 is 24.0 Å². The van der Waals surface area contributed by atoms with E-state index in [4.69, 9.17) is 9.73 Å². The Labute approximate surface area is 210 Å². The number of hydrogen-bond donors (Lipinski definition) is 2. The van der Waals surface area contributed by atoms with Crippen molar-refractivity contribution in [1.29, 1.82) is 0 Å². The minimum Gasteiger partial charge on any atom is -0.379 e. The molecule has 0 spiro atoms. The number of nitrogens with one attached hydrogen (secondary N) is 2. The number of pyridine rings is 1. The average molecular weight is 577 g/mol. The quantitative estimate of drug-likeness (QED) is 0.284. The Hall–Kier alpha value is -1.92. The number of aliphatic imine (C=N–C) groups is 1. The highest BCUT2D eigenvalue weighted by Crippen LogP contribution is 2.31. The van der Waals surface area contributed by atoms with Gasteiger partial charge in [0.25, 0.3) is 0 Å². The second kappa shape index (κ2) is 13.7. The van der Waals surface area contributed by atoms with Crippen molar-refractivity contribution in [2.24, 2.45) is 4.99 Å². The molecule has 2 N–H and O–H groups in total. The standard InChI is InChI=1S/C23H30F3N5O.HI/c1-2-27-22(29-12-10-20-5-3-4-11-28-20)30-17-21(31-13-15-32-16-14-31)18-6-8-19(9-7-18)23(24,25)26;/h3-9,11,21H,2,10,12-17H2,1H3,(H2,27,29,30);1H. The highest BCUT2D eigenvalue weighted by atomic mass is 127. The summed E-state index contributed by atoms with van der Waals surface area (Å²) in [5.74, 6) is 0.675. The summed E-state index contributed by atoms with van der Waals surface area (Å²) in [7, 11) is 0. The molecule has 1 unspecified atom stereocenters. The van der Waals surface area contributed by atoms with Gasteiger partial charge in [0.2, 0.25) is 0 Å². The predicted molar refractivity (Wildman–Crippen MR) is 134 cm³/mol. The van der Waals surface area contributed by atoms with E-state index in [-0.39, 0.29) is 30.0 Å². The van der Waals surface area contributed by atoms with Crippen molar-refractivity contribution in [1.82, 2.24) is 20.5 Å². The zero-order valence-corrected chi connectivity index (χ0v) is 21.0. The first kappa shape index (κ1) is 27.3. The van der Waals surface area contributed by atoms with Crippen LogP contribution < -0.4 is 10.6 Å². The Balaban J connectivity index is 0.00000385. The molecule has 33 heavy (non-hydrogen) atoms. The molecule has 3 rings (SSSR count). The maximum Gasteiger partial charge on any atom is 0.416 e. The molecule has 0 aliphatic carbocycles. The van der Waals surface area contributed by atoms with E-state index in [1.165, 1.54) is 0 Å². The van der Waals surface area contributed by atoms with Crippen molar-refractivity contribution in [2.75, 3.05) is 45.9 Å². The number of ether oxygens (including phenoxy) is 1. The van der Waals surface area contributed by atoms with Gasteiger partial charge in [0.05, 0.1) is 31.4 Å². The van der Waals surface area contributed by atoms with Crippen LogP contribution in [0.2, 0.25) is 0 Å². The highest BCUT2D eigenvalue weighted by molar-refractivity contribution is 14.0. The number of aromatic nitrogens is 1. The third-order valence-corrected chi connectivity index (χ3v) is 5.28. The number of morpholine rings is 1. The van der Waals surface area contributed by atoms with Crippen LogP contribution in [0.3, 0.4) is 0 Å². The van der Waals surface area contributed by atoms with Gasteiger partial charge in [0.1, 0.15) is 0 Å². The second-order valence-corrected chi connectivity index (χ2v) is 7.50. The first-order valence-electron chi connectivity index (χ1n) is 10.9. The Morgan fingerprint density at radius 2 is 1.85 bits per heavy atom. The normalized spacial score (nSPS) is 16.1. The molecule has 2 heterocycles. The van der Waals surface area contributed by atoms with Crippen LogP contribution in [0.4, 0.5) is 13.2 Å². The highest BCUT2D eigenvalue weighted by Gasteiger charge is 2.31. The van der Waals surface area contributed by atoms with Crippen LogP contribution in [-0.2, 0) is 17.3 Å². The number of nitrogens with zero attached hydrogens (tertiary/aromatic N) is 3. The molecule has 1 aromatic carbocycles. The van der Waals surface area contributed by atoms with Crippen LogP contribution in [-0.4, -0.2) is 61.8 Å². The Morgan fingerprint density at radius 1 is 1.12 bits per heavy atom. The molecule has 0 radical (unpaired) electrons. The molecule has 1 saturated heterocycles. The summed E-state index contributed by atoms with van der Waals surface area (Å²) in [6.45, 7) is 6.42. The fourth-order valence-electron chi connectivity index (χ4n) is 3.59. The molecule has 1 aliphatic heterocycles. The fraction of sp³-hybridized carbons (Fsp3) is 0.478. The lowest BCUT2D eigenvalue weighted by atomic mass is 10.0. The van der Waals surface area contributed by atoms with Gasteiger partial charge in [-0.2, -0.15) is 13.2 Å². The number of halogens is 4. The SMILES string of the molecule is CCNC(=NCC(c1ccc(C(F)(F)F)cc1)N1CCOCC1)NCCc1ccccn1.I. The summed E-state index contributed by atoms with van der Waals surface area (Å²) in [6.07, 6.45) is -1.82. The van der Waals surface area contributed by atoms with Gasteiger partial charge in [0.15, 0.2) is 5.96 Å². The minimum absolute atomic E-state index is 0. The summed E-state index contributed by atoms with van der Waals surface area (Å²) >= 11 is 0. The smallest absolute Gasteiger partial charge is 0.379 e. The molecule has 0 saturated carbocycles. The van der Waals surface area contributed by atoms with Crippen LogP contribution in [0.1, 0.15) is 29.8 Å². The number of rotatable bonds is 8. The number of alkyl halides is 3. The number of hydrogen-bond acceptors (Lipinski definition) is 4.